The molecule has 5 nitrogen and oxygen atoms in total. The minimum atomic E-state index is -3.20. The van der Waals surface area contributed by atoms with Crippen molar-refractivity contribution in [1.29, 1.82) is 0 Å². The number of nitrogens with zero attached hydrogens (tertiary/aromatic N) is 4. The molecule has 1 atom stereocenters. The second-order valence-corrected chi connectivity index (χ2v) is 12.8. The van der Waals surface area contributed by atoms with E-state index in [1.54, 1.807) is 0 Å². The third-order valence-electron chi connectivity index (χ3n) is 6.77. The van der Waals surface area contributed by atoms with E-state index < -0.39 is 7.44 Å². The second kappa shape index (κ2) is 10.0. The van der Waals surface area contributed by atoms with Gasteiger partial charge in [-0.1, -0.05) is 70.0 Å². The third kappa shape index (κ3) is 4.43. The van der Waals surface area contributed by atoms with Gasteiger partial charge in [0.2, 0.25) is 0 Å². The molecule has 2 fully saturated rings. The van der Waals surface area contributed by atoms with Crippen molar-refractivity contribution in [3.8, 4) is 0 Å². The molecule has 1 unspecified atom stereocenters. The molecule has 2 aliphatic rings. The van der Waals surface area contributed by atoms with E-state index in [0.29, 0.717) is 18.1 Å². The van der Waals surface area contributed by atoms with Crippen LogP contribution in [0.3, 0.4) is 0 Å². The van der Waals surface area contributed by atoms with Crippen LogP contribution in [0.2, 0.25) is 5.02 Å². The maximum absolute atomic E-state index is 15.7. The summed E-state index contributed by atoms with van der Waals surface area (Å²) in [5, 5.41) is 0.664. The fourth-order valence-electron chi connectivity index (χ4n) is 5.03. The lowest BCUT2D eigenvalue weighted by atomic mass is 10.2. The van der Waals surface area contributed by atoms with E-state index >= 15 is 4.57 Å². The topological polar surface area (TPSA) is 30.0 Å². The Hall–Kier alpha value is -1.82. The maximum Gasteiger partial charge on any atom is 0.284 e. The van der Waals surface area contributed by atoms with Gasteiger partial charge in [-0.25, -0.2) is 0 Å². The number of para-hydroxylation sites is 2. The number of anilines is 2. The fourth-order valence-corrected chi connectivity index (χ4v) is 9.82. The number of rotatable bonds is 5. The number of halogens is 2. The van der Waals surface area contributed by atoms with E-state index in [2.05, 4.69) is 66.4 Å². The van der Waals surface area contributed by atoms with E-state index in [1.165, 1.54) is 0 Å². The molecule has 3 aromatic carbocycles. The lowest BCUT2D eigenvalue weighted by Crippen LogP contribution is -2.47. The summed E-state index contributed by atoms with van der Waals surface area (Å²) in [6.07, 6.45) is 0. The number of hydrogen-bond donors (Lipinski definition) is 0. The Morgan fingerprint density at radius 1 is 0.794 bits per heavy atom. The van der Waals surface area contributed by atoms with Crippen molar-refractivity contribution in [3.05, 3.63) is 93.9 Å². The fraction of sp³-hybridized carbons (Fsp3) is 0.308. The first-order chi connectivity index (χ1) is 16.5. The highest BCUT2D eigenvalue weighted by atomic mass is 79.9. The van der Waals surface area contributed by atoms with E-state index in [9.17, 15) is 0 Å². The molecule has 0 spiro atoms. The molecule has 8 heteroatoms. The molecule has 2 aliphatic heterocycles. The molecular weight excluding hydrogens is 531 g/mol. The van der Waals surface area contributed by atoms with Gasteiger partial charge in [-0.3, -0.25) is 9.46 Å². The summed E-state index contributed by atoms with van der Waals surface area (Å²) in [7, 11) is -1.05. The predicted octanol–water partition coefficient (Wildman–Crippen LogP) is 6.57. The molecule has 178 valence electrons. The van der Waals surface area contributed by atoms with Crippen molar-refractivity contribution in [3.63, 3.8) is 0 Å². The second-order valence-electron chi connectivity index (χ2n) is 8.89. The van der Waals surface area contributed by atoms with Crippen molar-refractivity contribution >= 4 is 46.3 Å². The molecule has 5 rings (SSSR count). The first-order valence-electron chi connectivity index (χ1n) is 11.6. The monoisotopic (exact) mass is 558 g/mol. The first-order valence-corrected chi connectivity index (χ1v) is 14.5. The van der Waals surface area contributed by atoms with Crippen LogP contribution < -0.4 is 9.34 Å². The van der Waals surface area contributed by atoms with Gasteiger partial charge in [-0.2, -0.15) is 0 Å². The van der Waals surface area contributed by atoms with Crippen molar-refractivity contribution in [2.45, 2.75) is 5.78 Å². The highest BCUT2D eigenvalue weighted by molar-refractivity contribution is 9.10. The zero-order valence-electron chi connectivity index (χ0n) is 19.2. The summed E-state index contributed by atoms with van der Waals surface area (Å²) in [5.41, 5.74) is 3.00. The highest BCUT2D eigenvalue weighted by Crippen LogP contribution is 2.70. The molecule has 2 saturated heterocycles. The number of likely N-dealkylation sites (N-methyl/N-ethyl adjacent to an activating group) is 1. The van der Waals surface area contributed by atoms with Crippen LogP contribution in [0, 0.1) is 0 Å². The molecule has 0 aromatic heterocycles. The molecule has 34 heavy (non-hydrogen) atoms. The molecule has 2 heterocycles. The Bertz CT molecular complexity index is 1120. The van der Waals surface area contributed by atoms with E-state index in [1.807, 2.05) is 54.6 Å². The number of hydrogen-bond acceptors (Lipinski definition) is 3. The first kappa shape index (κ1) is 23.9. The molecule has 0 N–H and O–H groups in total. The molecular formula is C26H29BrClN4OP. The lowest BCUT2D eigenvalue weighted by Gasteiger charge is -2.45. The molecule has 3 aromatic rings. The van der Waals surface area contributed by atoms with Crippen molar-refractivity contribution in [2.24, 2.45) is 0 Å². The highest BCUT2D eigenvalue weighted by Gasteiger charge is 2.52. The summed E-state index contributed by atoms with van der Waals surface area (Å²) >= 11 is 10.1. The smallest absolute Gasteiger partial charge is 0.284 e. The summed E-state index contributed by atoms with van der Waals surface area (Å²) in [6.45, 7) is 4.99. The van der Waals surface area contributed by atoms with Crippen LogP contribution in [0.25, 0.3) is 0 Å². The van der Waals surface area contributed by atoms with Crippen LogP contribution >= 0.6 is 35.0 Å². The van der Waals surface area contributed by atoms with Crippen LogP contribution in [0.5, 0.6) is 0 Å². The van der Waals surface area contributed by atoms with Crippen molar-refractivity contribution < 1.29 is 4.57 Å². The molecule has 0 aliphatic carbocycles. The van der Waals surface area contributed by atoms with Crippen molar-refractivity contribution in [2.75, 3.05) is 55.7 Å². The van der Waals surface area contributed by atoms with Crippen LogP contribution in [-0.4, -0.2) is 56.1 Å². The van der Waals surface area contributed by atoms with Crippen LogP contribution in [-0.2, 0) is 4.57 Å². The zero-order valence-corrected chi connectivity index (χ0v) is 22.5. The van der Waals surface area contributed by atoms with Crippen molar-refractivity contribution in [1.82, 2.24) is 9.80 Å². The summed E-state index contributed by atoms with van der Waals surface area (Å²) in [4.78, 5) is 4.74. The van der Waals surface area contributed by atoms with E-state index in [4.69, 9.17) is 11.6 Å². The molecule has 0 saturated carbocycles. The largest absolute Gasteiger partial charge is 0.304 e. The molecule has 0 bridgehead atoms. The normalized spacial score (nSPS) is 20.0. The van der Waals surface area contributed by atoms with Gasteiger partial charge in [0.25, 0.3) is 7.44 Å². The van der Waals surface area contributed by atoms with E-state index in [-0.39, 0.29) is 5.78 Å². The summed E-state index contributed by atoms with van der Waals surface area (Å²) in [6, 6.07) is 26.2. The standard InChI is InChI=1S/C26H29BrClN4OP/c1-29-14-16-30(17-15-29)26(24-13-12-21(28)20-25(24)27)34(33)31(22-8-4-2-5-9-22)18-19-32(34)23-10-6-3-7-11-23/h2-13,20,26H,14-19H2,1H3. The lowest BCUT2D eigenvalue weighted by molar-refractivity contribution is 0.139. The predicted molar refractivity (Wildman–Crippen MR) is 146 cm³/mol. The van der Waals surface area contributed by atoms with Gasteiger partial charge in [-0.05, 0) is 49.0 Å². The van der Waals surface area contributed by atoms with Crippen LogP contribution in [0.15, 0.2) is 83.3 Å². The quantitative estimate of drug-likeness (QED) is 0.330. The SMILES string of the molecule is CN1CCN(C(c2ccc(Cl)cc2Br)P2(=O)N(c3ccccc3)CCN2c2ccccc2)CC1. The Labute approximate surface area is 215 Å². The van der Waals surface area contributed by atoms with Gasteiger partial charge in [0, 0.05) is 60.1 Å². The molecule has 0 amide bonds. The van der Waals surface area contributed by atoms with Gasteiger partial charge in [0.15, 0.2) is 0 Å². The minimum absolute atomic E-state index is 0.309. The third-order valence-corrected chi connectivity index (χ3v) is 11.2. The Balaban J connectivity index is 1.70. The van der Waals surface area contributed by atoms with E-state index in [0.717, 1.165) is 47.6 Å². The Morgan fingerprint density at radius 2 is 1.32 bits per heavy atom. The maximum atomic E-state index is 15.7. The average Bonchev–Trinajstić information content (AvgIpc) is 3.20. The van der Waals surface area contributed by atoms with Gasteiger partial charge in [0.1, 0.15) is 5.78 Å². The Kier molecular flexibility index (Phi) is 7.06. The average molecular weight is 560 g/mol. The molecule has 0 radical (unpaired) electrons. The summed E-state index contributed by atoms with van der Waals surface area (Å²) < 4.78 is 20.9. The van der Waals surface area contributed by atoms with Crippen LogP contribution in [0.1, 0.15) is 11.3 Å². The van der Waals surface area contributed by atoms with Gasteiger partial charge < -0.3 is 14.2 Å². The summed E-state index contributed by atoms with van der Waals surface area (Å²) in [5.74, 6) is -0.309. The van der Waals surface area contributed by atoms with Gasteiger partial charge >= 0.3 is 0 Å². The number of benzene rings is 3. The van der Waals surface area contributed by atoms with Gasteiger partial charge in [0.05, 0.1) is 0 Å². The zero-order chi connectivity index (χ0) is 23.7. The minimum Gasteiger partial charge on any atom is -0.304 e. The number of piperazine rings is 1. The van der Waals surface area contributed by atoms with Gasteiger partial charge in [-0.15, -0.1) is 0 Å². The Morgan fingerprint density at radius 3 is 1.82 bits per heavy atom. The van der Waals surface area contributed by atoms with Crippen LogP contribution in [0.4, 0.5) is 11.4 Å².